The summed E-state index contributed by atoms with van der Waals surface area (Å²) in [6.45, 7) is 1.80. The summed E-state index contributed by atoms with van der Waals surface area (Å²) in [5.41, 5.74) is 0. The lowest BCUT2D eigenvalue weighted by atomic mass is 10.3. The van der Waals surface area contributed by atoms with Gasteiger partial charge in [-0.15, -0.1) is 11.8 Å². The Morgan fingerprint density at radius 2 is 2.09 bits per heavy atom. The van der Waals surface area contributed by atoms with E-state index in [1.165, 1.54) is 6.20 Å². The number of para-hydroxylation sites is 1. The molecule has 0 saturated carbocycles. The van der Waals surface area contributed by atoms with Crippen LogP contribution in [0.5, 0.6) is 5.75 Å². The van der Waals surface area contributed by atoms with E-state index in [1.807, 2.05) is 24.5 Å². The maximum absolute atomic E-state index is 9.83. The first-order valence-corrected chi connectivity index (χ1v) is 7.91. The van der Waals surface area contributed by atoms with Gasteiger partial charge in [0.15, 0.2) is 0 Å². The number of rotatable bonds is 6. The highest BCUT2D eigenvalue weighted by molar-refractivity contribution is 7.98. The van der Waals surface area contributed by atoms with Crippen LogP contribution in [-0.2, 0) is 9.53 Å². The molecule has 1 aromatic rings. The van der Waals surface area contributed by atoms with Gasteiger partial charge in [0.05, 0.1) is 12.9 Å². The first-order chi connectivity index (χ1) is 10.5. The Hall–Kier alpha value is -1.85. The molecule has 1 aromatic carbocycles. The third-order valence-corrected chi connectivity index (χ3v) is 3.28. The summed E-state index contributed by atoms with van der Waals surface area (Å²) in [6, 6.07) is 7.30. The van der Waals surface area contributed by atoms with Crippen molar-refractivity contribution in [2.45, 2.75) is 11.8 Å². The number of thioether (sulfide) groups is 1. The van der Waals surface area contributed by atoms with Crippen LogP contribution in [0.2, 0.25) is 0 Å². The van der Waals surface area contributed by atoms with E-state index in [-0.39, 0.29) is 0 Å². The molecule has 120 valence electrons. The van der Waals surface area contributed by atoms with Crippen molar-refractivity contribution in [2.75, 3.05) is 13.4 Å². The van der Waals surface area contributed by atoms with Gasteiger partial charge in [-0.25, -0.2) is 0 Å². The van der Waals surface area contributed by atoms with Gasteiger partial charge < -0.3 is 15.2 Å². The van der Waals surface area contributed by atoms with Crippen LogP contribution < -0.4 is 5.32 Å². The maximum atomic E-state index is 9.83. The molecule has 0 spiro atoms. The number of allylic oxidation sites excluding steroid dienone is 5. The van der Waals surface area contributed by atoms with Gasteiger partial charge in [-0.2, -0.15) is 0 Å². The molecule has 2 N–H and O–H groups in total. The third kappa shape index (κ3) is 9.96. The number of methoxy groups -OCH3 is 1. The highest BCUT2D eigenvalue weighted by atomic mass is 35.5. The van der Waals surface area contributed by atoms with Crippen LogP contribution in [0.1, 0.15) is 6.92 Å². The largest absolute Gasteiger partial charge is 0.507 e. The lowest BCUT2D eigenvalue weighted by Crippen LogP contribution is -1.97. The molecule has 22 heavy (non-hydrogen) atoms. The molecule has 0 bridgehead atoms. The Bertz CT molecular complexity index is 542. The second-order valence-electron chi connectivity index (χ2n) is 3.83. The number of benzene rings is 1. The Morgan fingerprint density at radius 1 is 1.41 bits per heavy atom. The molecule has 1 rings (SSSR count). The predicted molar refractivity (Wildman–Crippen MR) is 92.9 cm³/mol. The highest BCUT2D eigenvalue weighted by Crippen LogP contribution is 2.24. The molecule has 0 aliphatic carbocycles. The van der Waals surface area contributed by atoms with E-state index >= 15 is 0 Å². The quantitative estimate of drug-likeness (QED) is 0.355. The standard InChI is InChI=1S/C9H12ClNO2.C7H8OS/c1-8(13-2)6-9(10)4-3-5-11-7-12;1-9-7-5-3-2-4-6(7)8/h3-7H,1-2H3,(H,11,12);2-5,8H,1H3/b5-3+,8-6+,9-4+;. The fourth-order valence-corrected chi connectivity index (χ4v) is 1.88. The number of carbonyl (C=O) groups excluding carboxylic acids is 1. The molecule has 4 nitrogen and oxygen atoms in total. The Kier molecular flexibility index (Phi) is 11.8. The van der Waals surface area contributed by atoms with Crippen LogP contribution in [0, 0.1) is 0 Å². The van der Waals surface area contributed by atoms with Crippen molar-refractivity contribution in [2.24, 2.45) is 0 Å². The zero-order chi connectivity index (χ0) is 16.8. The van der Waals surface area contributed by atoms with Gasteiger partial charge in [0, 0.05) is 16.1 Å². The van der Waals surface area contributed by atoms with Crippen molar-refractivity contribution in [3.05, 3.63) is 59.5 Å². The van der Waals surface area contributed by atoms with Gasteiger partial charge in [0.2, 0.25) is 6.41 Å². The van der Waals surface area contributed by atoms with E-state index in [0.29, 0.717) is 17.2 Å². The number of ether oxygens (including phenoxy) is 1. The molecule has 0 aliphatic heterocycles. The molecule has 1 amide bonds. The minimum absolute atomic E-state index is 0.366. The van der Waals surface area contributed by atoms with E-state index < -0.39 is 0 Å². The van der Waals surface area contributed by atoms with Crippen molar-refractivity contribution in [1.82, 2.24) is 5.32 Å². The summed E-state index contributed by atoms with van der Waals surface area (Å²) in [4.78, 5) is 10.8. The maximum Gasteiger partial charge on any atom is 0.211 e. The second kappa shape index (κ2) is 12.9. The van der Waals surface area contributed by atoms with Crippen LogP contribution in [0.3, 0.4) is 0 Å². The highest BCUT2D eigenvalue weighted by Gasteiger charge is 1.93. The molecule has 0 aromatic heterocycles. The molecule has 0 fully saturated rings. The molecule has 0 radical (unpaired) electrons. The number of amides is 1. The molecule has 6 heteroatoms. The van der Waals surface area contributed by atoms with Gasteiger partial charge >= 0.3 is 0 Å². The lowest BCUT2D eigenvalue weighted by Gasteiger charge is -1.96. The summed E-state index contributed by atoms with van der Waals surface area (Å²) < 4.78 is 4.89. The summed E-state index contributed by atoms with van der Waals surface area (Å²) in [5, 5.41) is 12.0. The van der Waals surface area contributed by atoms with E-state index in [4.69, 9.17) is 21.4 Å². The minimum atomic E-state index is 0.366. The van der Waals surface area contributed by atoms with Gasteiger partial charge in [-0.3, -0.25) is 4.79 Å². The van der Waals surface area contributed by atoms with Crippen molar-refractivity contribution >= 4 is 29.8 Å². The Labute approximate surface area is 140 Å². The number of hydrogen-bond donors (Lipinski definition) is 2. The first kappa shape index (κ1) is 20.2. The van der Waals surface area contributed by atoms with Crippen molar-refractivity contribution in [1.29, 1.82) is 0 Å². The average Bonchev–Trinajstić information content (AvgIpc) is 2.52. The number of halogens is 1. The van der Waals surface area contributed by atoms with Crippen LogP contribution in [-0.4, -0.2) is 24.9 Å². The van der Waals surface area contributed by atoms with Crippen molar-refractivity contribution < 1.29 is 14.6 Å². The number of carbonyl (C=O) groups is 1. The molecular formula is C16H20ClNO3S. The zero-order valence-electron chi connectivity index (χ0n) is 12.7. The molecule has 0 aliphatic rings. The fourth-order valence-electron chi connectivity index (χ4n) is 1.17. The van der Waals surface area contributed by atoms with Gasteiger partial charge in [0.25, 0.3) is 0 Å². The summed E-state index contributed by atoms with van der Waals surface area (Å²) in [7, 11) is 1.57. The second-order valence-corrected chi connectivity index (χ2v) is 5.11. The number of nitrogens with one attached hydrogen (secondary N) is 1. The van der Waals surface area contributed by atoms with E-state index in [1.54, 1.807) is 50.1 Å². The first-order valence-electron chi connectivity index (χ1n) is 6.31. The van der Waals surface area contributed by atoms with E-state index in [0.717, 1.165) is 10.7 Å². The zero-order valence-corrected chi connectivity index (χ0v) is 14.3. The number of phenols is 1. The van der Waals surface area contributed by atoms with Crippen molar-refractivity contribution in [3.63, 3.8) is 0 Å². The van der Waals surface area contributed by atoms with Crippen LogP contribution in [0.4, 0.5) is 0 Å². The Morgan fingerprint density at radius 3 is 2.59 bits per heavy atom. The monoisotopic (exact) mass is 341 g/mol. The SMILES string of the molecule is CO/C(C)=C/C(Cl)=C\C=C\NC=O.CSc1ccccc1O. The van der Waals surface area contributed by atoms with Gasteiger partial charge in [-0.1, -0.05) is 23.7 Å². The molecule has 0 saturated heterocycles. The average molecular weight is 342 g/mol. The molecule has 0 atom stereocenters. The predicted octanol–water partition coefficient (Wildman–Crippen LogP) is 4.03. The van der Waals surface area contributed by atoms with Crippen LogP contribution in [0.15, 0.2) is 64.4 Å². The summed E-state index contributed by atoms with van der Waals surface area (Å²) in [5.74, 6) is 1.09. The molecular weight excluding hydrogens is 322 g/mol. The minimum Gasteiger partial charge on any atom is -0.507 e. The third-order valence-electron chi connectivity index (χ3n) is 2.26. The number of phenolic OH excluding ortho intramolecular Hbond substituents is 1. The number of aromatic hydroxyl groups is 1. The Balaban J connectivity index is 0.000000425. The van der Waals surface area contributed by atoms with E-state index in [9.17, 15) is 4.79 Å². The smallest absolute Gasteiger partial charge is 0.211 e. The van der Waals surface area contributed by atoms with Gasteiger partial charge in [0.1, 0.15) is 5.75 Å². The van der Waals surface area contributed by atoms with Gasteiger partial charge in [-0.05, 0) is 43.5 Å². The van der Waals surface area contributed by atoms with E-state index in [2.05, 4.69) is 5.32 Å². The topological polar surface area (TPSA) is 58.6 Å². The van der Waals surface area contributed by atoms with Crippen molar-refractivity contribution in [3.8, 4) is 5.75 Å². The molecule has 0 unspecified atom stereocenters. The molecule has 0 heterocycles. The number of hydrogen-bond acceptors (Lipinski definition) is 4. The summed E-state index contributed by atoms with van der Waals surface area (Å²) in [6.07, 6.45) is 8.93. The summed E-state index contributed by atoms with van der Waals surface area (Å²) >= 11 is 7.32. The van der Waals surface area contributed by atoms with Crippen LogP contribution >= 0.6 is 23.4 Å². The normalized spacial score (nSPS) is 11.6. The lowest BCUT2D eigenvalue weighted by molar-refractivity contribution is -0.108. The van der Waals surface area contributed by atoms with Crippen LogP contribution in [0.25, 0.3) is 0 Å². The fraction of sp³-hybridized carbons (Fsp3) is 0.188.